The summed E-state index contributed by atoms with van der Waals surface area (Å²) >= 11 is 0. The molecule has 0 spiro atoms. The first-order chi connectivity index (χ1) is 13.6. The van der Waals surface area contributed by atoms with Gasteiger partial charge in [0.05, 0.1) is 18.1 Å². The third-order valence-electron chi connectivity index (χ3n) is 3.95. The van der Waals surface area contributed by atoms with Crippen LogP contribution in [0.15, 0.2) is 48.5 Å². The number of ether oxygens (including phenoxy) is 2. The molecule has 8 heteroatoms. The van der Waals surface area contributed by atoms with Crippen LogP contribution in [0.1, 0.15) is 11.4 Å². The van der Waals surface area contributed by atoms with Gasteiger partial charge in [-0.05, 0) is 24.3 Å². The first-order valence-corrected chi connectivity index (χ1v) is 8.58. The number of hydrogen-bond acceptors (Lipinski definition) is 4. The van der Waals surface area contributed by atoms with E-state index in [1.54, 1.807) is 12.1 Å². The van der Waals surface area contributed by atoms with E-state index in [0.29, 0.717) is 18.5 Å². The zero-order chi connectivity index (χ0) is 19.9. The van der Waals surface area contributed by atoms with Crippen molar-refractivity contribution >= 4 is 23.0 Å². The first kappa shape index (κ1) is 19.3. The number of hydrogen-bond donors (Lipinski definition) is 2. The van der Waals surface area contributed by atoms with Gasteiger partial charge in [0.25, 0.3) is 0 Å². The Kier molecular flexibility index (Phi) is 6.21. The minimum Gasteiger partial charge on any atom is -0.493 e. The highest BCUT2D eigenvalue weighted by Crippen LogP contribution is 2.33. The number of carbonyl (C=O) groups is 1. The van der Waals surface area contributed by atoms with Crippen LogP contribution in [0.5, 0.6) is 11.5 Å². The molecule has 28 heavy (non-hydrogen) atoms. The Bertz CT molecular complexity index is 953. The summed E-state index contributed by atoms with van der Waals surface area (Å²) in [6, 6.07) is 12.3. The van der Waals surface area contributed by atoms with E-state index in [1.165, 1.54) is 25.3 Å². The molecule has 3 rings (SSSR count). The second kappa shape index (κ2) is 8.98. The van der Waals surface area contributed by atoms with Gasteiger partial charge in [0.15, 0.2) is 11.5 Å². The van der Waals surface area contributed by atoms with Crippen LogP contribution in [0.3, 0.4) is 0 Å². The maximum atomic E-state index is 12.6. The first-order valence-electron chi connectivity index (χ1n) is 8.58. The zero-order valence-corrected chi connectivity index (χ0v) is 15.1. The highest BCUT2D eigenvalue weighted by molar-refractivity contribution is 5.92. The van der Waals surface area contributed by atoms with E-state index < -0.39 is 6.61 Å². The highest BCUT2D eigenvalue weighted by atomic mass is 19.3. The zero-order valence-electron chi connectivity index (χ0n) is 15.1. The Hall–Kier alpha value is -3.42. The van der Waals surface area contributed by atoms with E-state index in [4.69, 9.17) is 4.74 Å². The maximum Gasteiger partial charge on any atom is 0.387 e. The number of amides is 1. The Labute approximate surface area is 160 Å². The van der Waals surface area contributed by atoms with E-state index in [1.807, 2.05) is 24.3 Å². The van der Waals surface area contributed by atoms with Crippen molar-refractivity contribution in [2.24, 2.45) is 0 Å². The average Bonchev–Trinajstić information content (AvgIpc) is 3.09. The summed E-state index contributed by atoms with van der Waals surface area (Å²) in [5.41, 5.74) is 2.12. The molecule has 3 aromatic rings. The molecular formula is C20H19F2N3O3. The third-order valence-corrected chi connectivity index (χ3v) is 3.95. The second-order valence-corrected chi connectivity index (χ2v) is 5.83. The number of halogens is 2. The number of imidazole rings is 1. The van der Waals surface area contributed by atoms with Crippen molar-refractivity contribution < 1.29 is 23.0 Å². The molecule has 0 atom stereocenters. The lowest BCUT2D eigenvalue weighted by Gasteiger charge is -2.12. The molecule has 1 amide bonds. The lowest BCUT2D eigenvalue weighted by atomic mass is 10.1. The number of alkyl halides is 2. The fourth-order valence-electron chi connectivity index (χ4n) is 2.69. The van der Waals surface area contributed by atoms with Crippen LogP contribution in [0.25, 0.3) is 17.1 Å². The minimum absolute atomic E-state index is 0.119. The molecule has 1 heterocycles. The number of fused-ring (bicyclic) bond motifs is 1. The standard InChI is InChI=1S/C20H19F2N3O3/c1-27-16-8-4-5-13(19(16)28-20(21)22)9-10-18(26)23-12-11-17-24-14-6-2-3-7-15(14)25-17/h2-10,20H,11-12H2,1H3,(H,23,26)(H,24,25)/b10-9+. The quantitative estimate of drug-likeness (QED) is 0.580. The molecule has 0 saturated heterocycles. The van der Waals surface area contributed by atoms with Gasteiger partial charge >= 0.3 is 6.61 Å². The van der Waals surface area contributed by atoms with Gasteiger partial charge in [0.1, 0.15) is 5.82 Å². The summed E-state index contributed by atoms with van der Waals surface area (Å²) in [7, 11) is 1.35. The van der Waals surface area contributed by atoms with Crippen LogP contribution < -0.4 is 14.8 Å². The largest absolute Gasteiger partial charge is 0.493 e. The highest BCUT2D eigenvalue weighted by Gasteiger charge is 2.14. The number of methoxy groups -OCH3 is 1. The van der Waals surface area contributed by atoms with Crippen molar-refractivity contribution in [1.82, 2.24) is 15.3 Å². The number of aromatic amines is 1. The molecule has 146 valence electrons. The predicted octanol–water partition coefficient (Wildman–Crippen LogP) is 3.55. The Morgan fingerprint density at radius 1 is 1.25 bits per heavy atom. The van der Waals surface area contributed by atoms with Crippen molar-refractivity contribution in [2.75, 3.05) is 13.7 Å². The molecular weight excluding hydrogens is 368 g/mol. The monoisotopic (exact) mass is 387 g/mol. The van der Waals surface area contributed by atoms with Gasteiger partial charge in [0.2, 0.25) is 5.91 Å². The average molecular weight is 387 g/mol. The molecule has 0 aliphatic carbocycles. The number of aromatic nitrogens is 2. The second-order valence-electron chi connectivity index (χ2n) is 5.83. The van der Waals surface area contributed by atoms with E-state index >= 15 is 0 Å². The van der Waals surface area contributed by atoms with Crippen molar-refractivity contribution in [3.8, 4) is 11.5 Å². The van der Waals surface area contributed by atoms with Crippen molar-refractivity contribution in [3.05, 3.63) is 59.9 Å². The number of para-hydroxylation sites is 3. The molecule has 2 N–H and O–H groups in total. The number of rotatable bonds is 8. The summed E-state index contributed by atoms with van der Waals surface area (Å²) in [6.07, 6.45) is 3.19. The van der Waals surface area contributed by atoms with Crippen molar-refractivity contribution in [1.29, 1.82) is 0 Å². The van der Waals surface area contributed by atoms with Gasteiger partial charge in [0, 0.05) is 24.6 Å². The Morgan fingerprint density at radius 2 is 2.07 bits per heavy atom. The van der Waals surface area contributed by atoms with Gasteiger partial charge in [-0.1, -0.05) is 24.3 Å². The molecule has 2 aromatic carbocycles. The molecule has 0 aliphatic rings. The van der Waals surface area contributed by atoms with Crippen LogP contribution in [-0.4, -0.2) is 36.1 Å². The molecule has 1 aromatic heterocycles. The molecule has 0 unspecified atom stereocenters. The molecule has 0 bridgehead atoms. The summed E-state index contributed by atoms with van der Waals surface area (Å²) in [4.78, 5) is 19.6. The molecule has 0 radical (unpaired) electrons. The van der Waals surface area contributed by atoms with Crippen molar-refractivity contribution in [2.45, 2.75) is 13.0 Å². The summed E-state index contributed by atoms with van der Waals surface area (Å²) in [5.74, 6) is 0.451. The van der Waals surface area contributed by atoms with Crippen LogP contribution in [0.2, 0.25) is 0 Å². The van der Waals surface area contributed by atoms with Crippen LogP contribution in [0.4, 0.5) is 8.78 Å². The van der Waals surface area contributed by atoms with E-state index in [0.717, 1.165) is 16.9 Å². The Morgan fingerprint density at radius 3 is 2.82 bits per heavy atom. The third kappa shape index (κ3) is 4.85. The summed E-state index contributed by atoms with van der Waals surface area (Å²) in [5, 5.41) is 2.73. The number of nitrogens with one attached hydrogen (secondary N) is 2. The number of benzene rings is 2. The topological polar surface area (TPSA) is 76.2 Å². The van der Waals surface area contributed by atoms with Crippen molar-refractivity contribution in [3.63, 3.8) is 0 Å². The van der Waals surface area contributed by atoms with Gasteiger partial charge in [-0.15, -0.1) is 0 Å². The summed E-state index contributed by atoms with van der Waals surface area (Å²) in [6.45, 7) is -2.62. The van der Waals surface area contributed by atoms with Gasteiger partial charge in [-0.2, -0.15) is 8.78 Å². The fourth-order valence-corrected chi connectivity index (χ4v) is 2.69. The van der Waals surface area contributed by atoms with Gasteiger partial charge in [-0.3, -0.25) is 4.79 Å². The SMILES string of the molecule is COc1cccc(/C=C/C(=O)NCCc2nc3ccccc3[nH]2)c1OC(F)F. The Balaban J connectivity index is 1.59. The number of nitrogens with zero attached hydrogens (tertiary/aromatic N) is 1. The molecule has 0 saturated carbocycles. The molecule has 6 nitrogen and oxygen atoms in total. The van der Waals surface area contributed by atoms with Crippen LogP contribution >= 0.6 is 0 Å². The van der Waals surface area contributed by atoms with Crippen LogP contribution in [-0.2, 0) is 11.2 Å². The summed E-state index contributed by atoms with van der Waals surface area (Å²) < 4.78 is 34.8. The predicted molar refractivity (Wildman–Crippen MR) is 101 cm³/mol. The van der Waals surface area contributed by atoms with Crippen LogP contribution in [0, 0.1) is 0 Å². The van der Waals surface area contributed by atoms with E-state index in [9.17, 15) is 13.6 Å². The maximum absolute atomic E-state index is 12.6. The number of carbonyl (C=O) groups excluding carboxylic acids is 1. The van der Waals surface area contributed by atoms with Gasteiger partial charge in [-0.25, -0.2) is 4.98 Å². The lowest BCUT2D eigenvalue weighted by molar-refractivity contribution is -0.116. The number of H-pyrrole nitrogens is 1. The van der Waals surface area contributed by atoms with E-state index in [2.05, 4.69) is 20.0 Å². The minimum atomic E-state index is -3.00. The normalized spacial score (nSPS) is 11.3. The molecule has 0 aliphatic heterocycles. The lowest BCUT2D eigenvalue weighted by Crippen LogP contribution is -2.23. The molecule has 0 fully saturated rings. The van der Waals surface area contributed by atoms with E-state index in [-0.39, 0.29) is 17.4 Å². The smallest absolute Gasteiger partial charge is 0.387 e. The van der Waals surface area contributed by atoms with Gasteiger partial charge < -0.3 is 19.8 Å². The fraction of sp³-hybridized carbons (Fsp3) is 0.200.